The number of ether oxygens (including phenoxy) is 1. The first-order valence-corrected chi connectivity index (χ1v) is 8.32. The molecule has 25 heavy (non-hydrogen) atoms. The van der Waals surface area contributed by atoms with Gasteiger partial charge >= 0.3 is 5.97 Å². The van der Waals surface area contributed by atoms with Gasteiger partial charge in [0.25, 0.3) is 0 Å². The molecule has 1 N–H and O–H groups in total. The fraction of sp³-hybridized carbons (Fsp3) is 0.389. The van der Waals surface area contributed by atoms with E-state index in [0.29, 0.717) is 31.8 Å². The van der Waals surface area contributed by atoms with Gasteiger partial charge in [-0.05, 0) is 18.2 Å². The SMILES string of the molecule is O=C(CCn1cccn1)N1CCC(Oc2ccccc2)(C(=O)O)CC1. The van der Waals surface area contributed by atoms with Gasteiger partial charge in [-0.2, -0.15) is 5.10 Å². The number of carboxylic acids is 1. The van der Waals surface area contributed by atoms with Crippen molar-refractivity contribution in [3.05, 3.63) is 48.8 Å². The van der Waals surface area contributed by atoms with E-state index in [9.17, 15) is 14.7 Å². The first-order valence-electron chi connectivity index (χ1n) is 8.32. The maximum absolute atomic E-state index is 12.3. The maximum Gasteiger partial charge on any atom is 0.348 e. The number of benzene rings is 1. The number of nitrogens with zero attached hydrogens (tertiary/aromatic N) is 3. The quantitative estimate of drug-likeness (QED) is 0.864. The molecular formula is C18H21N3O4. The number of aromatic nitrogens is 2. The van der Waals surface area contributed by atoms with Gasteiger partial charge in [-0.25, -0.2) is 4.79 Å². The minimum absolute atomic E-state index is 0.00852. The maximum atomic E-state index is 12.3. The van der Waals surface area contributed by atoms with Crippen LogP contribution in [-0.4, -0.2) is 50.4 Å². The van der Waals surface area contributed by atoms with Gasteiger partial charge in [0.15, 0.2) is 0 Å². The molecule has 1 aliphatic heterocycles. The lowest BCUT2D eigenvalue weighted by Crippen LogP contribution is -2.54. The van der Waals surface area contributed by atoms with Gasteiger partial charge in [-0.3, -0.25) is 9.48 Å². The summed E-state index contributed by atoms with van der Waals surface area (Å²) >= 11 is 0. The summed E-state index contributed by atoms with van der Waals surface area (Å²) in [5.41, 5.74) is -1.28. The second kappa shape index (κ2) is 7.38. The Morgan fingerprint density at radius 2 is 1.88 bits per heavy atom. The van der Waals surface area contributed by atoms with Crippen molar-refractivity contribution < 1.29 is 19.4 Å². The van der Waals surface area contributed by atoms with E-state index in [-0.39, 0.29) is 18.7 Å². The molecule has 2 aromatic rings. The molecule has 1 fully saturated rings. The highest BCUT2D eigenvalue weighted by molar-refractivity contribution is 5.80. The van der Waals surface area contributed by atoms with E-state index < -0.39 is 11.6 Å². The van der Waals surface area contributed by atoms with Crippen LogP contribution in [0.15, 0.2) is 48.8 Å². The second-order valence-electron chi connectivity index (χ2n) is 6.11. The molecule has 0 unspecified atom stereocenters. The number of carbonyl (C=O) groups is 2. The highest BCUT2D eigenvalue weighted by atomic mass is 16.5. The lowest BCUT2D eigenvalue weighted by molar-refractivity contribution is -0.161. The molecule has 1 amide bonds. The van der Waals surface area contributed by atoms with Crippen molar-refractivity contribution in [1.82, 2.24) is 14.7 Å². The van der Waals surface area contributed by atoms with Crippen molar-refractivity contribution in [3.8, 4) is 5.75 Å². The summed E-state index contributed by atoms with van der Waals surface area (Å²) in [6.45, 7) is 1.26. The van der Waals surface area contributed by atoms with Gasteiger partial charge in [0, 0.05) is 51.3 Å². The van der Waals surface area contributed by atoms with E-state index in [0.717, 1.165) is 0 Å². The van der Waals surface area contributed by atoms with Gasteiger partial charge in [-0.15, -0.1) is 0 Å². The van der Waals surface area contributed by atoms with Crippen molar-refractivity contribution in [2.75, 3.05) is 13.1 Å². The summed E-state index contributed by atoms with van der Waals surface area (Å²) in [6.07, 6.45) is 4.37. The molecule has 1 aliphatic rings. The van der Waals surface area contributed by atoms with Gasteiger partial charge in [-0.1, -0.05) is 18.2 Å². The molecule has 0 saturated carbocycles. The highest BCUT2D eigenvalue weighted by Crippen LogP contribution is 2.29. The Hall–Kier alpha value is -2.83. The first kappa shape index (κ1) is 17.0. The lowest BCUT2D eigenvalue weighted by Gasteiger charge is -2.38. The molecule has 0 radical (unpaired) electrons. The summed E-state index contributed by atoms with van der Waals surface area (Å²) in [4.78, 5) is 25.8. The molecule has 132 valence electrons. The molecule has 0 aliphatic carbocycles. The zero-order valence-electron chi connectivity index (χ0n) is 13.9. The van der Waals surface area contributed by atoms with E-state index in [1.807, 2.05) is 18.3 Å². The molecule has 1 saturated heterocycles. The van der Waals surface area contributed by atoms with Crippen LogP contribution < -0.4 is 4.74 Å². The highest BCUT2D eigenvalue weighted by Gasteiger charge is 2.44. The third-order valence-corrected chi connectivity index (χ3v) is 4.48. The van der Waals surface area contributed by atoms with Crippen LogP contribution in [0.1, 0.15) is 19.3 Å². The molecule has 0 bridgehead atoms. The largest absolute Gasteiger partial charge is 0.478 e. The number of likely N-dealkylation sites (tertiary alicyclic amines) is 1. The number of rotatable bonds is 6. The molecule has 0 atom stereocenters. The monoisotopic (exact) mass is 343 g/mol. The standard InChI is InChI=1S/C18H21N3O4/c22-16(7-12-21-11-4-10-19-21)20-13-8-18(9-14-20,17(23)24)25-15-5-2-1-3-6-15/h1-6,10-11H,7-9,12-14H2,(H,23,24). The van der Waals surface area contributed by atoms with Crippen LogP contribution in [0.4, 0.5) is 0 Å². The van der Waals surface area contributed by atoms with Gasteiger partial charge in [0.05, 0.1) is 0 Å². The number of amides is 1. The fourth-order valence-corrected chi connectivity index (χ4v) is 2.99. The lowest BCUT2D eigenvalue weighted by atomic mass is 9.91. The number of hydrogen-bond donors (Lipinski definition) is 1. The number of aliphatic carboxylic acids is 1. The predicted octanol–water partition coefficient (Wildman–Crippen LogP) is 1.80. The van der Waals surface area contributed by atoms with Gasteiger partial charge < -0.3 is 14.7 Å². The Labute approximate surface area is 145 Å². The zero-order valence-corrected chi connectivity index (χ0v) is 13.9. The number of aryl methyl sites for hydroxylation is 1. The van der Waals surface area contributed by atoms with E-state index in [4.69, 9.17) is 4.74 Å². The molecule has 0 spiro atoms. The normalized spacial score (nSPS) is 16.4. The van der Waals surface area contributed by atoms with Crippen LogP contribution in [0.3, 0.4) is 0 Å². The summed E-state index contributed by atoms with van der Waals surface area (Å²) in [7, 11) is 0. The Balaban J connectivity index is 1.58. The Morgan fingerprint density at radius 1 is 1.16 bits per heavy atom. The van der Waals surface area contributed by atoms with Crippen LogP contribution in [0, 0.1) is 0 Å². The molecular weight excluding hydrogens is 322 g/mol. The van der Waals surface area contributed by atoms with Crippen molar-refractivity contribution in [2.45, 2.75) is 31.4 Å². The van der Waals surface area contributed by atoms with Crippen LogP contribution in [0.25, 0.3) is 0 Å². The molecule has 2 heterocycles. The van der Waals surface area contributed by atoms with E-state index in [1.165, 1.54) is 0 Å². The van der Waals surface area contributed by atoms with Crippen LogP contribution >= 0.6 is 0 Å². The minimum Gasteiger partial charge on any atom is -0.478 e. The first-order chi connectivity index (χ1) is 12.1. The summed E-state index contributed by atoms with van der Waals surface area (Å²) < 4.78 is 7.51. The van der Waals surface area contributed by atoms with Crippen molar-refractivity contribution >= 4 is 11.9 Å². The van der Waals surface area contributed by atoms with Crippen LogP contribution in [0.2, 0.25) is 0 Å². The number of piperidine rings is 1. The summed E-state index contributed by atoms with van der Waals surface area (Å²) in [5.74, 6) is -0.447. The second-order valence-corrected chi connectivity index (χ2v) is 6.11. The molecule has 1 aromatic heterocycles. The molecule has 7 nitrogen and oxygen atoms in total. The van der Waals surface area contributed by atoms with Crippen molar-refractivity contribution in [2.24, 2.45) is 0 Å². The number of hydrogen-bond acceptors (Lipinski definition) is 4. The molecule has 3 rings (SSSR count). The van der Waals surface area contributed by atoms with Gasteiger partial charge in [0.2, 0.25) is 11.5 Å². The number of para-hydroxylation sites is 1. The smallest absolute Gasteiger partial charge is 0.348 e. The number of carbonyl (C=O) groups excluding carboxylic acids is 1. The van der Waals surface area contributed by atoms with Crippen LogP contribution in [-0.2, 0) is 16.1 Å². The van der Waals surface area contributed by atoms with E-state index in [1.54, 1.807) is 40.0 Å². The summed E-state index contributed by atoms with van der Waals surface area (Å²) in [5, 5.41) is 13.7. The third-order valence-electron chi connectivity index (χ3n) is 4.48. The molecule has 1 aromatic carbocycles. The average molecular weight is 343 g/mol. The average Bonchev–Trinajstić information content (AvgIpc) is 3.14. The number of carboxylic acid groups (broad SMARTS) is 1. The third kappa shape index (κ3) is 3.99. The topological polar surface area (TPSA) is 84.7 Å². The zero-order chi connectivity index (χ0) is 17.7. The Morgan fingerprint density at radius 3 is 2.48 bits per heavy atom. The van der Waals surface area contributed by atoms with Crippen molar-refractivity contribution in [3.63, 3.8) is 0 Å². The van der Waals surface area contributed by atoms with E-state index >= 15 is 0 Å². The fourth-order valence-electron chi connectivity index (χ4n) is 2.99. The molecule has 7 heteroatoms. The predicted molar refractivity (Wildman–Crippen MR) is 90.1 cm³/mol. The van der Waals surface area contributed by atoms with E-state index in [2.05, 4.69) is 5.10 Å². The minimum atomic E-state index is -1.28. The van der Waals surface area contributed by atoms with Crippen molar-refractivity contribution in [1.29, 1.82) is 0 Å². The Kier molecular flexibility index (Phi) is 5.02. The van der Waals surface area contributed by atoms with Crippen LogP contribution in [0.5, 0.6) is 5.75 Å². The van der Waals surface area contributed by atoms with Gasteiger partial charge in [0.1, 0.15) is 5.75 Å². The Bertz CT molecular complexity index is 707. The summed E-state index contributed by atoms with van der Waals surface area (Å²) in [6, 6.07) is 10.8.